The zero-order chi connectivity index (χ0) is 10.8. The molecule has 0 aliphatic rings. The van der Waals surface area contributed by atoms with Gasteiger partial charge in [0.1, 0.15) is 5.52 Å². The lowest BCUT2D eigenvalue weighted by molar-refractivity contribution is 0.695. The highest BCUT2D eigenvalue weighted by Gasteiger charge is 2.09. The molecule has 0 saturated carbocycles. The second-order valence-electron chi connectivity index (χ2n) is 3.03. The summed E-state index contributed by atoms with van der Waals surface area (Å²) in [5.74, 6) is 0.744. The molecule has 2 heterocycles. The van der Waals surface area contributed by atoms with E-state index in [1.807, 2.05) is 4.57 Å². The molecule has 0 radical (unpaired) electrons. The maximum Gasteiger partial charge on any atom is 0.223 e. The molecule has 5 nitrogen and oxygen atoms in total. The average molecular weight is 246 g/mol. The van der Waals surface area contributed by atoms with E-state index in [4.69, 9.17) is 28.9 Å². The Morgan fingerprint density at radius 2 is 2.20 bits per heavy atom. The highest BCUT2D eigenvalue weighted by Crippen LogP contribution is 2.19. The molecule has 7 heteroatoms. The number of hydrogen-bond acceptors (Lipinski definition) is 4. The van der Waals surface area contributed by atoms with Crippen LogP contribution in [0.4, 0.5) is 5.95 Å². The number of fused-ring (bicyclic) bond motifs is 1. The van der Waals surface area contributed by atoms with Crippen LogP contribution in [-0.2, 0) is 6.54 Å². The molecular weight excluding hydrogens is 237 g/mol. The Hall–Kier alpha value is -1.07. The Labute approximate surface area is 96.2 Å². The summed E-state index contributed by atoms with van der Waals surface area (Å²) < 4.78 is 1.86. The summed E-state index contributed by atoms with van der Waals surface area (Å²) in [5.41, 5.74) is 6.73. The highest BCUT2D eigenvalue weighted by molar-refractivity contribution is 6.33. The summed E-state index contributed by atoms with van der Waals surface area (Å²) in [4.78, 5) is 12.0. The number of hydrogen-bond donors (Lipinski definition) is 1. The van der Waals surface area contributed by atoms with Gasteiger partial charge in [-0.1, -0.05) is 11.6 Å². The first kappa shape index (κ1) is 10.4. The first-order chi connectivity index (χ1) is 7.22. The van der Waals surface area contributed by atoms with E-state index in [0.29, 0.717) is 17.0 Å². The SMILES string of the molecule is Nc1nc(Cl)c2ncn(CCCCl)c2n1. The minimum Gasteiger partial charge on any atom is -0.368 e. The fourth-order valence-corrected chi connectivity index (χ4v) is 1.66. The number of halogens is 2. The van der Waals surface area contributed by atoms with Crippen LogP contribution in [-0.4, -0.2) is 25.4 Å². The van der Waals surface area contributed by atoms with Crippen molar-refractivity contribution in [3.05, 3.63) is 11.5 Å². The van der Waals surface area contributed by atoms with E-state index >= 15 is 0 Å². The monoisotopic (exact) mass is 245 g/mol. The summed E-state index contributed by atoms with van der Waals surface area (Å²) in [6.45, 7) is 0.743. The van der Waals surface area contributed by atoms with Gasteiger partial charge in [-0.2, -0.15) is 9.97 Å². The number of alkyl halides is 1. The molecule has 0 bridgehead atoms. The molecule has 0 atom stereocenters. The third kappa shape index (κ3) is 1.98. The molecule has 2 N–H and O–H groups in total. The van der Waals surface area contributed by atoms with Gasteiger partial charge in [-0.15, -0.1) is 11.6 Å². The van der Waals surface area contributed by atoms with Crippen LogP contribution in [0, 0.1) is 0 Å². The standard InChI is InChI=1S/C8H9Cl2N5/c9-2-1-3-15-4-12-5-6(10)13-8(11)14-7(5)15/h4H,1-3H2,(H2,11,13,14). The Balaban J connectivity index is 2.49. The number of nitrogens with zero attached hydrogens (tertiary/aromatic N) is 4. The molecule has 0 unspecified atom stereocenters. The second kappa shape index (κ2) is 4.20. The van der Waals surface area contributed by atoms with Crippen molar-refractivity contribution in [3.8, 4) is 0 Å². The van der Waals surface area contributed by atoms with E-state index in [1.165, 1.54) is 0 Å². The minimum atomic E-state index is 0.153. The van der Waals surface area contributed by atoms with Crippen LogP contribution in [0.5, 0.6) is 0 Å². The average Bonchev–Trinajstić information content (AvgIpc) is 2.58. The number of nitrogens with two attached hydrogens (primary N) is 1. The molecular formula is C8H9Cl2N5. The Morgan fingerprint density at radius 1 is 1.40 bits per heavy atom. The van der Waals surface area contributed by atoms with Gasteiger partial charge in [0, 0.05) is 12.4 Å². The smallest absolute Gasteiger partial charge is 0.223 e. The normalized spacial score (nSPS) is 11.1. The Morgan fingerprint density at radius 3 is 2.93 bits per heavy atom. The number of anilines is 1. The van der Waals surface area contributed by atoms with Gasteiger partial charge in [-0.3, -0.25) is 0 Å². The van der Waals surface area contributed by atoms with Crippen molar-refractivity contribution in [3.63, 3.8) is 0 Å². The lowest BCUT2D eigenvalue weighted by Crippen LogP contribution is -2.01. The van der Waals surface area contributed by atoms with E-state index in [0.717, 1.165) is 13.0 Å². The number of nitrogen functional groups attached to an aromatic ring is 1. The molecule has 0 fully saturated rings. The van der Waals surface area contributed by atoms with Crippen LogP contribution < -0.4 is 5.73 Å². The molecule has 15 heavy (non-hydrogen) atoms. The van der Waals surface area contributed by atoms with Crippen LogP contribution in [0.3, 0.4) is 0 Å². The van der Waals surface area contributed by atoms with Crippen LogP contribution in [0.1, 0.15) is 6.42 Å². The predicted octanol–water partition coefficient (Wildman–Crippen LogP) is 1.69. The molecule has 2 aromatic rings. The number of aryl methyl sites for hydroxylation is 1. The lowest BCUT2D eigenvalue weighted by Gasteiger charge is -2.01. The van der Waals surface area contributed by atoms with Gasteiger partial charge < -0.3 is 10.3 Å². The van der Waals surface area contributed by atoms with E-state index in [1.54, 1.807) is 6.33 Å². The zero-order valence-corrected chi connectivity index (χ0v) is 9.33. The third-order valence-electron chi connectivity index (χ3n) is 1.97. The van der Waals surface area contributed by atoms with Gasteiger partial charge >= 0.3 is 0 Å². The van der Waals surface area contributed by atoms with Crippen molar-refractivity contribution in [2.24, 2.45) is 0 Å². The largest absolute Gasteiger partial charge is 0.368 e. The number of aromatic nitrogens is 4. The molecule has 0 aromatic carbocycles. The number of imidazole rings is 1. The maximum absolute atomic E-state index is 5.88. The molecule has 0 aliphatic carbocycles. The minimum absolute atomic E-state index is 0.153. The fraction of sp³-hybridized carbons (Fsp3) is 0.375. The predicted molar refractivity (Wildman–Crippen MR) is 60.1 cm³/mol. The van der Waals surface area contributed by atoms with Gasteiger partial charge in [0.05, 0.1) is 6.33 Å². The van der Waals surface area contributed by atoms with Gasteiger partial charge in [-0.05, 0) is 6.42 Å². The van der Waals surface area contributed by atoms with Crippen LogP contribution in [0.15, 0.2) is 6.33 Å². The Kier molecular flexibility index (Phi) is 2.93. The summed E-state index contributed by atoms with van der Waals surface area (Å²) in [6, 6.07) is 0. The second-order valence-corrected chi connectivity index (χ2v) is 3.76. The van der Waals surface area contributed by atoms with Crippen molar-refractivity contribution < 1.29 is 0 Å². The van der Waals surface area contributed by atoms with Crippen molar-refractivity contribution in [1.82, 2.24) is 19.5 Å². The topological polar surface area (TPSA) is 69.6 Å². The molecule has 0 amide bonds. The van der Waals surface area contributed by atoms with Crippen LogP contribution in [0.25, 0.3) is 11.2 Å². The quantitative estimate of drug-likeness (QED) is 0.660. The van der Waals surface area contributed by atoms with Gasteiger partial charge in [0.25, 0.3) is 0 Å². The molecule has 2 rings (SSSR count). The van der Waals surface area contributed by atoms with Crippen molar-refractivity contribution >= 4 is 40.3 Å². The first-order valence-corrected chi connectivity index (χ1v) is 5.33. The number of rotatable bonds is 3. The molecule has 0 aliphatic heterocycles. The zero-order valence-electron chi connectivity index (χ0n) is 7.82. The van der Waals surface area contributed by atoms with Crippen LogP contribution >= 0.6 is 23.2 Å². The lowest BCUT2D eigenvalue weighted by atomic mass is 10.4. The molecule has 80 valence electrons. The highest BCUT2D eigenvalue weighted by atomic mass is 35.5. The molecule has 2 aromatic heterocycles. The Bertz CT molecular complexity index is 481. The fourth-order valence-electron chi connectivity index (χ4n) is 1.32. The van der Waals surface area contributed by atoms with E-state index < -0.39 is 0 Å². The molecule has 0 saturated heterocycles. The molecule has 0 spiro atoms. The van der Waals surface area contributed by atoms with E-state index in [9.17, 15) is 0 Å². The summed E-state index contributed by atoms with van der Waals surface area (Å²) >= 11 is 11.5. The van der Waals surface area contributed by atoms with Crippen molar-refractivity contribution in [1.29, 1.82) is 0 Å². The van der Waals surface area contributed by atoms with Gasteiger partial charge in [-0.25, -0.2) is 4.98 Å². The third-order valence-corrected chi connectivity index (χ3v) is 2.50. The van der Waals surface area contributed by atoms with Crippen molar-refractivity contribution in [2.75, 3.05) is 11.6 Å². The van der Waals surface area contributed by atoms with Gasteiger partial charge in [0.15, 0.2) is 10.8 Å². The van der Waals surface area contributed by atoms with Crippen molar-refractivity contribution in [2.45, 2.75) is 13.0 Å². The van der Waals surface area contributed by atoms with Gasteiger partial charge in [0.2, 0.25) is 5.95 Å². The summed E-state index contributed by atoms with van der Waals surface area (Å²) in [7, 11) is 0. The first-order valence-electron chi connectivity index (χ1n) is 4.42. The van der Waals surface area contributed by atoms with E-state index in [2.05, 4.69) is 15.0 Å². The summed E-state index contributed by atoms with van der Waals surface area (Å²) in [5, 5.41) is 0.280. The maximum atomic E-state index is 5.88. The van der Waals surface area contributed by atoms with E-state index in [-0.39, 0.29) is 11.1 Å². The van der Waals surface area contributed by atoms with Crippen LogP contribution in [0.2, 0.25) is 5.15 Å². The summed E-state index contributed by atoms with van der Waals surface area (Å²) in [6.07, 6.45) is 2.51.